The number of esters is 1. The lowest BCUT2D eigenvalue weighted by Crippen LogP contribution is -2.36. The van der Waals surface area contributed by atoms with E-state index in [4.69, 9.17) is 9.47 Å². The molecule has 2 aromatic rings. The van der Waals surface area contributed by atoms with Crippen LogP contribution < -0.4 is 15.0 Å². The highest BCUT2D eigenvalue weighted by Gasteiger charge is 2.17. The lowest BCUT2D eigenvalue weighted by Gasteiger charge is -2.20. The molecule has 2 rings (SSSR count). The highest BCUT2D eigenvalue weighted by Crippen LogP contribution is 2.15. The zero-order chi connectivity index (χ0) is 20.5. The SMILES string of the molecule is CCN(C(=O)COC(=O)CNC(=O)c1ccc(OC)cc1)c1ccc(F)cc1. The van der Waals surface area contributed by atoms with E-state index in [9.17, 15) is 18.8 Å². The lowest BCUT2D eigenvalue weighted by atomic mass is 10.2. The third kappa shape index (κ3) is 5.80. The zero-order valence-corrected chi connectivity index (χ0v) is 15.6. The van der Waals surface area contributed by atoms with Crippen molar-refractivity contribution in [3.05, 3.63) is 59.9 Å². The second-order valence-electron chi connectivity index (χ2n) is 5.69. The molecule has 7 nitrogen and oxygen atoms in total. The molecule has 0 atom stereocenters. The average Bonchev–Trinajstić information content (AvgIpc) is 2.72. The third-order valence-corrected chi connectivity index (χ3v) is 3.86. The van der Waals surface area contributed by atoms with Crippen molar-refractivity contribution >= 4 is 23.5 Å². The summed E-state index contributed by atoms with van der Waals surface area (Å²) in [7, 11) is 1.52. The van der Waals surface area contributed by atoms with Gasteiger partial charge in [0.15, 0.2) is 6.61 Å². The molecule has 0 heterocycles. The van der Waals surface area contributed by atoms with Crippen molar-refractivity contribution < 1.29 is 28.2 Å². The van der Waals surface area contributed by atoms with E-state index in [1.165, 1.54) is 36.3 Å². The highest BCUT2D eigenvalue weighted by molar-refractivity contribution is 5.97. The second kappa shape index (κ2) is 10.1. The Labute approximate surface area is 162 Å². The first-order chi connectivity index (χ1) is 13.4. The summed E-state index contributed by atoms with van der Waals surface area (Å²) in [6.07, 6.45) is 0. The zero-order valence-electron chi connectivity index (χ0n) is 15.6. The molecule has 28 heavy (non-hydrogen) atoms. The van der Waals surface area contributed by atoms with Gasteiger partial charge in [0.05, 0.1) is 7.11 Å². The molecule has 2 amide bonds. The Kier molecular flexibility index (Phi) is 7.50. The molecule has 8 heteroatoms. The van der Waals surface area contributed by atoms with Crippen molar-refractivity contribution in [1.82, 2.24) is 5.32 Å². The van der Waals surface area contributed by atoms with E-state index < -0.39 is 30.2 Å². The molecule has 0 radical (unpaired) electrons. The molecule has 0 bridgehead atoms. The Hall–Kier alpha value is -3.42. The van der Waals surface area contributed by atoms with Gasteiger partial charge >= 0.3 is 5.97 Å². The van der Waals surface area contributed by atoms with Crippen LogP contribution in [0.15, 0.2) is 48.5 Å². The van der Waals surface area contributed by atoms with Crippen molar-refractivity contribution in [2.75, 3.05) is 31.7 Å². The van der Waals surface area contributed by atoms with Gasteiger partial charge in [0, 0.05) is 17.8 Å². The maximum Gasteiger partial charge on any atom is 0.325 e. The number of carbonyl (C=O) groups excluding carboxylic acids is 3. The van der Waals surface area contributed by atoms with Crippen molar-refractivity contribution in [2.45, 2.75) is 6.92 Å². The van der Waals surface area contributed by atoms with Crippen molar-refractivity contribution in [2.24, 2.45) is 0 Å². The number of ether oxygens (including phenoxy) is 2. The summed E-state index contributed by atoms with van der Waals surface area (Å²) in [6.45, 7) is 1.22. The molecule has 0 aromatic heterocycles. The molecule has 0 saturated carbocycles. The first-order valence-corrected chi connectivity index (χ1v) is 8.58. The first-order valence-electron chi connectivity index (χ1n) is 8.58. The standard InChI is InChI=1S/C20H21FN2O5/c1-3-23(16-8-6-15(21)7-9-16)18(24)13-28-19(25)12-22-20(26)14-4-10-17(27-2)11-5-14/h4-11H,3,12-13H2,1-2H3,(H,22,26). The number of methoxy groups -OCH3 is 1. The van der Waals surface area contributed by atoms with Gasteiger partial charge in [0.1, 0.15) is 18.1 Å². The van der Waals surface area contributed by atoms with Crippen LogP contribution in [-0.4, -0.2) is 44.6 Å². The van der Waals surface area contributed by atoms with E-state index in [0.29, 0.717) is 23.5 Å². The van der Waals surface area contributed by atoms with Gasteiger partial charge in [-0.2, -0.15) is 0 Å². The number of hydrogen-bond donors (Lipinski definition) is 1. The number of halogens is 1. The Morgan fingerprint density at radius 1 is 1.04 bits per heavy atom. The monoisotopic (exact) mass is 388 g/mol. The topological polar surface area (TPSA) is 84.9 Å². The van der Waals surface area contributed by atoms with Crippen LogP contribution in [0.1, 0.15) is 17.3 Å². The van der Waals surface area contributed by atoms with Crippen LogP contribution in [0.3, 0.4) is 0 Å². The third-order valence-electron chi connectivity index (χ3n) is 3.86. The molecule has 0 saturated heterocycles. The minimum atomic E-state index is -0.745. The summed E-state index contributed by atoms with van der Waals surface area (Å²) < 4.78 is 22.9. The summed E-state index contributed by atoms with van der Waals surface area (Å²) in [5.74, 6) is -1.45. The molecule has 148 valence electrons. The number of carbonyl (C=O) groups is 3. The molecule has 0 aliphatic heterocycles. The molecule has 0 unspecified atom stereocenters. The molecule has 0 aliphatic rings. The fourth-order valence-electron chi connectivity index (χ4n) is 2.39. The van der Waals surface area contributed by atoms with Gasteiger partial charge in [0.25, 0.3) is 11.8 Å². The van der Waals surface area contributed by atoms with Crippen LogP contribution in [0, 0.1) is 5.82 Å². The molecular formula is C20H21FN2O5. The molecule has 2 aromatic carbocycles. The Morgan fingerprint density at radius 3 is 2.25 bits per heavy atom. The van der Waals surface area contributed by atoms with E-state index in [-0.39, 0.29) is 6.54 Å². The molecule has 0 fully saturated rings. The van der Waals surface area contributed by atoms with Crippen LogP contribution >= 0.6 is 0 Å². The summed E-state index contributed by atoms with van der Waals surface area (Å²) in [4.78, 5) is 37.4. The maximum absolute atomic E-state index is 13.0. The van der Waals surface area contributed by atoms with Crippen LogP contribution in [0.25, 0.3) is 0 Å². The van der Waals surface area contributed by atoms with Gasteiger partial charge in [0.2, 0.25) is 0 Å². The van der Waals surface area contributed by atoms with Crippen molar-refractivity contribution in [3.63, 3.8) is 0 Å². The van der Waals surface area contributed by atoms with Crippen LogP contribution in [0.4, 0.5) is 10.1 Å². The Morgan fingerprint density at radius 2 is 1.68 bits per heavy atom. The summed E-state index contributed by atoms with van der Waals surface area (Å²) in [5.41, 5.74) is 0.857. The molecule has 0 aliphatic carbocycles. The quantitative estimate of drug-likeness (QED) is 0.701. The van der Waals surface area contributed by atoms with Crippen LogP contribution in [-0.2, 0) is 14.3 Å². The summed E-state index contributed by atoms with van der Waals surface area (Å²) in [6, 6.07) is 11.8. The average molecular weight is 388 g/mol. The minimum absolute atomic E-state index is 0.330. The molecule has 0 spiro atoms. The maximum atomic E-state index is 13.0. The van der Waals surface area contributed by atoms with Crippen LogP contribution in [0.2, 0.25) is 0 Å². The van der Waals surface area contributed by atoms with E-state index in [2.05, 4.69) is 5.32 Å². The van der Waals surface area contributed by atoms with E-state index in [1.54, 1.807) is 31.2 Å². The minimum Gasteiger partial charge on any atom is -0.497 e. The summed E-state index contributed by atoms with van der Waals surface area (Å²) >= 11 is 0. The number of amides is 2. The number of anilines is 1. The van der Waals surface area contributed by atoms with Gasteiger partial charge in [-0.1, -0.05) is 0 Å². The second-order valence-corrected chi connectivity index (χ2v) is 5.69. The van der Waals surface area contributed by atoms with E-state index in [1.807, 2.05) is 0 Å². The van der Waals surface area contributed by atoms with Crippen LogP contribution in [0.5, 0.6) is 5.75 Å². The first kappa shape index (κ1) is 20.9. The van der Waals surface area contributed by atoms with Gasteiger partial charge in [-0.15, -0.1) is 0 Å². The van der Waals surface area contributed by atoms with Crippen molar-refractivity contribution in [3.8, 4) is 5.75 Å². The number of hydrogen-bond acceptors (Lipinski definition) is 5. The smallest absolute Gasteiger partial charge is 0.325 e. The van der Waals surface area contributed by atoms with E-state index in [0.717, 1.165) is 0 Å². The number of nitrogens with one attached hydrogen (secondary N) is 1. The number of benzene rings is 2. The van der Waals surface area contributed by atoms with Crippen molar-refractivity contribution in [1.29, 1.82) is 0 Å². The van der Waals surface area contributed by atoms with E-state index >= 15 is 0 Å². The summed E-state index contributed by atoms with van der Waals surface area (Å²) in [5, 5.41) is 2.42. The predicted octanol–water partition coefficient (Wildman–Crippen LogP) is 2.16. The lowest BCUT2D eigenvalue weighted by molar-refractivity contribution is -0.146. The van der Waals surface area contributed by atoms with Gasteiger partial charge < -0.3 is 19.7 Å². The Bertz CT molecular complexity index is 821. The fraction of sp³-hybridized carbons (Fsp3) is 0.250. The fourth-order valence-corrected chi connectivity index (χ4v) is 2.39. The molecular weight excluding hydrogens is 367 g/mol. The highest BCUT2D eigenvalue weighted by atomic mass is 19.1. The normalized spacial score (nSPS) is 10.1. The number of nitrogens with zero attached hydrogens (tertiary/aromatic N) is 1. The molecule has 1 N–H and O–H groups in total. The predicted molar refractivity (Wildman–Crippen MR) is 101 cm³/mol. The van der Waals surface area contributed by atoms with Gasteiger partial charge in [-0.25, -0.2) is 4.39 Å². The Balaban J connectivity index is 1.81. The van der Waals surface area contributed by atoms with Gasteiger partial charge in [-0.05, 0) is 55.5 Å². The van der Waals surface area contributed by atoms with Gasteiger partial charge in [-0.3, -0.25) is 14.4 Å². The largest absolute Gasteiger partial charge is 0.497 e. The number of likely N-dealkylation sites (N-methyl/N-ethyl adjacent to an activating group) is 1. The number of rotatable bonds is 8.